The van der Waals surface area contributed by atoms with Gasteiger partial charge in [-0.25, -0.2) is 12.7 Å². The maximum atomic E-state index is 14.2. The second-order valence-corrected chi connectivity index (χ2v) is 14.2. The van der Waals surface area contributed by atoms with Gasteiger partial charge >= 0.3 is 0 Å². The Kier molecular flexibility index (Phi) is 11.0. The molecule has 0 radical (unpaired) electrons. The Labute approximate surface area is 298 Å². The summed E-state index contributed by atoms with van der Waals surface area (Å²) >= 11 is 0. The van der Waals surface area contributed by atoms with Gasteiger partial charge in [-0.15, -0.1) is 0 Å². The summed E-state index contributed by atoms with van der Waals surface area (Å²) in [6.45, 7) is 0.806. The third kappa shape index (κ3) is 7.97. The summed E-state index contributed by atoms with van der Waals surface area (Å²) in [4.78, 5) is 13.9. The smallest absolute Gasteiger partial charge is 0.271 e. The molecule has 2 aliphatic rings. The molecule has 1 fully saturated rings. The molecule has 2 aliphatic heterocycles. The van der Waals surface area contributed by atoms with E-state index < -0.39 is 46.6 Å². The Morgan fingerprint density at radius 2 is 0.961 bits per heavy atom. The number of nitrogens with zero attached hydrogens (tertiary/aromatic N) is 1. The van der Waals surface area contributed by atoms with Crippen LogP contribution in [0.25, 0.3) is 0 Å². The number of hydrogen-bond donors (Lipinski definition) is 0. The van der Waals surface area contributed by atoms with Crippen molar-refractivity contribution in [2.45, 2.75) is 62.0 Å². The van der Waals surface area contributed by atoms with Gasteiger partial charge < -0.3 is 23.7 Å². The molecule has 10 heteroatoms. The molecule has 0 aliphatic carbocycles. The Balaban J connectivity index is 1.28. The minimum atomic E-state index is -4.32. The van der Waals surface area contributed by atoms with Gasteiger partial charge in [0.1, 0.15) is 29.3 Å². The van der Waals surface area contributed by atoms with Crippen molar-refractivity contribution < 1.29 is 36.9 Å². The van der Waals surface area contributed by atoms with E-state index in [9.17, 15) is 13.2 Å². The fraction of sp³-hybridized carbons (Fsp3) is 0.244. The van der Waals surface area contributed by atoms with Crippen LogP contribution in [0.2, 0.25) is 0 Å². The van der Waals surface area contributed by atoms with Crippen LogP contribution in [0.5, 0.6) is 0 Å². The van der Waals surface area contributed by atoms with Gasteiger partial charge in [0, 0.05) is 0 Å². The van der Waals surface area contributed by atoms with Crippen LogP contribution in [0.1, 0.15) is 32.6 Å². The number of ether oxygens (including phenoxy) is 5. The molecule has 51 heavy (non-hydrogen) atoms. The molecule has 5 atom stereocenters. The highest BCUT2D eigenvalue weighted by atomic mass is 32.2. The van der Waals surface area contributed by atoms with Gasteiger partial charge in [0.25, 0.3) is 15.9 Å². The van der Waals surface area contributed by atoms with Gasteiger partial charge in [-0.05, 0) is 34.4 Å². The topological polar surface area (TPSA) is 101 Å². The number of rotatable bonds is 14. The van der Waals surface area contributed by atoms with Gasteiger partial charge in [0.2, 0.25) is 0 Å². The summed E-state index contributed by atoms with van der Waals surface area (Å²) in [5.74, 6) is -0.696. The lowest BCUT2D eigenvalue weighted by Gasteiger charge is -2.47. The fourth-order valence-electron chi connectivity index (χ4n) is 6.41. The van der Waals surface area contributed by atoms with Gasteiger partial charge in [-0.1, -0.05) is 133 Å². The van der Waals surface area contributed by atoms with Crippen LogP contribution in [0.4, 0.5) is 0 Å². The van der Waals surface area contributed by atoms with Gasteiger partial charge in [-0.3, -0.25) is 4.79 Å². The highest BCUT2D eigenvalue weighted by Gasteiger charge is 2.56. The van der Waals surface area contributed by atoms with Crippen LogP contribution in [0.3, 0.4) is 0 Å². The van der Waals surface area contributed by atoms with E-state index in [1.54, 1.807) is 12.1 Å². The van der Waals surface area contributed by atoms with E-state index in [-0.39, 0.29) is 43.5 Å². The Bertz CT molecular complexity index is 1980. The van der Waals surface area contributed by atoms with E-state index in [1.165, 1.54) is 12.1 Å². The Hall–Kier alpha value is -4.68. The van der Waals surface area contributed by atoms with Crippen molar-refractivity contribution in [2.75, 3.05) is 6.61 Å². The molecule has 5 aromatic carbocycles. The monoisotopic (exact) mass is 705 g/mol. The van der Waals surface area contributed by atoms with Crippen LogP contribution in [0.15, 0.2) is 150 Å². The first-order valence-electron chi connectivity index (χ1n) is 16.9. The van der Waals surface area contributed by atoms with Crippen LogP contribution >= 0.6 is 0 Å². The number of fused-ring (bicyclic) bond motifs is 1. The number of amides is 1. The van der Waals surface area contributed by atoms with Crippen LogP contribution in [-0.4, -0.2) is 55.9 Å². The highest BCUT2D eigenvalue weighted by Crippen LogP contribution is 2.39. The largest absolute Gasteiger partial charge is 0.374 e. The van der Waals surface area contributed by atoms with Crippen molar-refractivity contribution >= 4 is 15.9 Å². The molecule has 2 heterocycles. The number of sulfonamides is 1. The van der Waals surface area contributed by atoms with E-state index in [2.05, 4.69) is 0 Å². The number of carbonyl (C=O) groups excluding carboxylic acids is 1. The molecule has 1 amide bonds. The van der Waals surface area contributed by atoms with Crippen molar-refractivity contribution in [2.24, 2.45) is 0 Å². The van der Waals surface area contributed by atoms with E-state index in [0.29, 0.717) is 0 Å². The normalized spacial score (nSPS) is 22.5. The molecule has 0 spiro atoms. The molecule has 0 bridgehead atoms. The SMILES string of the molecule is O=C1c2ccccc2S(=O)(=O)N1C1O[C@H](COCc2ccccc2)[C@@H](OCc2ccccc2)[C@H](OCc2ccccc2)[C@H]1OCc1ccccc1. The lowest BCUT2D eigenvalue weighted by atomic mass is 9.96. The van der Waals surface area contributed by atoms with Gasteiger partial charge in [0.15, 0.2) is 6.23 Å². The lowest BCUT2D eigenvalue weighted by Crippen LogP contribution is -2.66. The summed E-state index contributed by atoms with van der Waals surface area (Å²) in [7, 11) is -4.32. The summed E-state index contributed by atoms with van der Waals surface area (Å²) in [6, 6.07) is 44.8. The molecule has 262 valence electrons. The number of carbonyl (C=O) groups is 1. The highest BCUT2D eigenvalue weighted by molar-refractivity contribution is 7.90. The summed E-state index contributed by atoms with van der Waals surface area (Å²) in [5.41, 5.74) is 3.72. The maximum Gasteiger partial charge on any atom is 0.271 e. The lowest BCUT2D eigenvalue weighted by molar-refractivity contribution is -0.286. The first-order chi connectivity index (χ1) is 25.0. The molecule has 1 saturated heterocycles. The van der Waals surface area contributed by atoms with E-state index in [1.807, 2.05) is 121 Å². The standard InChI is InChI=1S/C41H39NO8S/c43-40-34-23-13-14-24-36(34)51(44,45)42(40)41-39(49-28-33-21-11-4-12-22-33)38(48-27-32-19-9-3-10-20-32)37(47-26-31-17-7-2-8-18-31)35(50-41)29-46-25-30-15-5-1-6-16-30/h1-24,35,37-39,41H,25-29H2/t35-,37-,38+,39-,41?/m1/s1. The van der Waals surface area contributed by atoms with Gasteiger partial charge in [0.05, 0.1) is 38.6 Å². The van der Waals surface area contributed by atoms with Crippen molar-refractivity contribution in [1.29, 1.82) is 0 Å². The first-order valence-corrected chi connectivity index (χ1v) is 18.3. The van der Waals surface area contributed by atoms with E-state index >= 15 is 0 Å². The zero-order chi connectivity index (χ0) is 35.0. The number of benzene rings is 5. The maximum absolute atomic E-state index is 14.2. The third-order valence-corrected chi connectivity index (χ3v) is 10.7. The Morgan fingerprint density at radius 1 is 0.529 bits per heavy atom. The summed E-state index contributed by atoms with van der Waals surface area (Å²) in [5, 5.41) is 0. The molecule has 7 rings (SSSR count). The second kappa shape index (κ2) is 16.1. The van der Waals surface area contributed by atoms with Crippen molar-refractivity contribution in [3.8, 4) is 0 Å². The van der Waals surface area contributed by atoms with Crippen molar-refractivity contribution in [3.05, 3.63) is 173 Å². The molecular weight excluding hydrogens is 667 g/mol. The van der Waals surface area contributed by atoms with Crippen LogP contribution in [0, 0.1) is 0 Å². The quantitative estimate of drug-likeness (QED) is 0.129. The minimum Gasteiger partial charge on any atom is -0.374 e. The average molecular weight is 706 g/mol. The summed E-state index contributed by atoms with van der Waals surface area (Å²) in [6.07, 6.45) is -5.03. The predicted octanol–water partition coefficient (Wildman–Crippen LogP) is 6.53. The zero-order valence-corrected chi connectivity index (χ0v) is 28.7. The third-order valence-electron chi connectivity index (χ3n) is 8.94. The van der Waals surface area contributed by atoms with E-state index in [0.717, 1.165) is 26.6 Å². The molecule has 0 saturated carbocycles. The van der Waals surface area contributed by atoms with Crippen LogP contribution < -0.4 is 0 Å². The van der Waals surface area contributed by atoms with Crippen molar-refractivity contribution in [1.82, 2.24) is 4.31 Å². The minimum absolute atomic E-state index is 0.0243. The zero-order valence-electron chi connectivity index (χ0n) is 27.9. The predicted molar refractivity (Wildman–Crippen MR) is 190 cm³/mol. The molecule has 0 aromatic heterocycles. The second-order valence-electron chi connectivity index (χ2n) is 12.5. The molecule has 5 aromatic rings. The molecular formula is C41H39NO8S. The van der Waals surface area contributed by atoms with Crippen LogP contribution in [-0.2, 0) is 60.1 Å². The van der Waals surface area contributed by atoms with Crippen molar-refractivity contribution in [3.63, 3.8) is 0 Å². The molecule has 1 unspecified atom stereocenters. The van der Waals surface area contributed by atoms with E-state index in [4.69, 9.17) is 23.7 Å². The Morgan fingerprint density at radius 3 is 1.47 bits per heavy atom. The van der Waals surface area contributed by atoms with Gasteiger partial charge in [-0.2, -0.15) is 0 Å². The summed E-state index contributed by atoms with van der Waals surface area (Å²) < 4.78 is 62.0. The molecule has 9 nitrogen and oxygen atoms in total. The number of hydrogen-bond acceptors (Lipinski definition) is 8. The fourth-order valence-corrected chi connectivity index (χ4v) is 8.06. The molecule has 0 N–H and O–H groups in total. The first kappa shape index (κ1) is 34.8. The average Bonchev–Trinajstić information content (AvgIpc) is 3.38.